The van der Waals surface area contributed by atoms with Crippen molar-refractivity contribution in [1.29, 1.82) is 0 Å². The van der Waals surface area contributed by atoms with Crippen LogP contribution in [-0.2, 0) is 9.53 Å². The van der Waals surface area contributed by atoms with Gasteiger partial charge in [-0.3, -0.25) is 4.90 Å². The molecule has 1 aromatic rings. The highest BCUT2D eigenvalue weighted by atomic mass is 16.5. The lowest BCUT2D eigenvalue weighted by Crippen LogP contribution is -2.38. The van der Waals surface area contributed by atoms with E-state index < -0.39 is 5.97 Å². The Bertz CT molecular complexity index is 449. The summed E-state index contributed by atoms with van der Waals surface area (Å²) >= 11 is 0. The molecule has 1 aliphatic heterocycles. The number of benzene rings is 1. The van der Waals surface area contributed by atoms with E-state index in [1.165, 1.54) is 0 Å². The van der Waals surface area contributed by atoms with Crippen molar-refractivity contribution in [2.75, 3.05) is 39.5 Å². The van der Waals surface area contributed by atoms with Crippen LogP contribution >= 0.6 is 0 Å². The molecule has 0 radical (unpaired) electrons. The Balaban J connectivity index is 1.74. The molecule has 1 heterocycles. The minimum absolute atomic E-state index is 0.643. The number of ether oxygens (including phenoxy) is 2. The first kappa shape index (κ1) is 14.6. The van der Waals surface area contributed by atoms with E-state index in [1.807, 2.05) is 24.3 Å². The fraction of sp³-hybridized carbons (Fsp3) is 0.400. The lowest BCUT2D eigenvalue weighted by molar-refractivity contribution is -0.131. The van der Waals surface area contributed by atoms with Crippen LogP contribution in [0, 0.1) is 0 Å². The van der Waals surface area contributed by atoms with Gasteiger partial charge in [-0.25, -0.2) is 4.79 Å². The zero-order chi connectivity index (χ0) is 14.2. The predicted octanol–water partition coefficient (Wildman–Crippen LogP) is 1.50. The van der Waals surface area contributed by atoms with Gasteiger partial charge < -0.3 is 14.6 Å². The van der Waals surface area contributed by atoms with Crippen molar-refractivity contribution in [3.05, 3.63) is 35.9 Å². The normalized spacial score (nSPS) is 16.4. The molecule has 1 fully saturated rings. The number of rotatable bonds is 6. The van der Waals surface area contributed by atoms with E-state index in [0.717, 1.165) is 50.2 Å². The number of carbonyl (C=O) groups is 1. The van der Waals surface area contributed by atoms with Gasteiger partial charge in [-0.15, -0.1) is 0 Å². The van der Waals surface area contributed by atoms with E-state index in [4.69, 9.17) is 14.6 Å². The Kier molecular flexibility index (Phi) is 5.58. The maximum Gasteiger partial charge on any atom is 0.328 e. The molecule has 0 aliphatic carbocycles. The molecule has 0 saturated carbocycles. The molecule has 1 N–H and O–H groups in total. The van der Waals surface area contributed by atoms with Gasteiger partial charge in [0.15, 0.2) is 0 Å². The van der Waals surface area contributed by atoms with E-state index in [0.29, 0.717) is 6.61 Å². The Morgan fingerprint density at radius 1 is 1.30 bits per heavy atom. The van der Waals surface area contributed by atoms with E-state index in [1.54, 1.807) is 6.08 Å². The molecule has 1 aliphatic rings. The summed E-state index contributed by atoms with van der Waals surface area (Å²) in [6.45, 7) is 5.05. The highest BCUT2D eigenvalue weighted by Crippen LogP contribution is 2.13. The SMILES string of the molecule is O=C(O)C=Cc1ccc(OCCN2CCOCC2)cc1. The fourth-order valence-corrected chi connectivity index (χ4v) is 1.96. The molecule has 5 nitrogen and oxygen atoms in total. The zero-order valence-electron chi connectivity index (χ0n) is 11.3. The van der Waals surface area contributed by atoms with Crippen molar-refractivity contribution in [1.82, 2.24) is 4.90 Å². The summed E-state index contributed by atoms with van der Waals surface area (Å²) in [7, 11) is 0. The largest absolute Gasteiger partial charge is 0.492 e. The number of hydrogen-bond donors (Lipinski definition) is 1. The number of carboxylic acids is 1. The monoisotopic (exact) mass is 277 g/mol. The third-order valence-electron chi connectivity index (χ3n) is 3.08. The maximum absolute atomic E-state index is 10.4. The van der Waals surface area contributed by atoms with Crippen LogP contribution in [0.1, 0.15) is 5.56 Å². The second-order valence-corrected chi connectivity index (χ2v) is 4.54. The molecular weight excluding hydrogens is 258 g/mol. The molecule has 2 rings (SSSR count). The molecule has 1 saturated heterocycles. The minimum atomic E-state index is -0.948. The highest BCUT2D eigenvalue weighted by Gasteiger charge is 2.09. The Morgan fingerprint density at radius 3 is 2.65 bits per heavy atom. The lowest BCUT2D eigenvalue weighted by atomic mass is 10.2. The third-order valence-corrected chi connectivity index (χ3v) is 3.08. The summed E-state index contributed by atoms with van der Waals surface area (Å²) in [4.78, 5) is 12.7. The van der Waals surface area contributed by atoms with Crippen molar-refractivity contribution in [3.8, 4) is 5.75 Å². The van der Waals surface area contributed by atoms with Crippen molar-refractivity contribution >= 4 is 12.0 Å². The lowest BCUT2D eigenvalue weighted by Gasteiger charge is -2.26. The average Bonchev–Trinajstić information content (AvgIpc) is 2.47. The number of morpholine rings is 1. The quantitative estimate of drug-likeness (QED) is 0.798. The number of aliphatic carboxylic acids is 1. The minimum Gasteiger partial charge on any atom is -0.492 e. The summed E-state index contributed by atoms with van der Waals surface area (Å²) in [6, 6.07) is 7.37. The summed E-state index contributed by atoms with van der Waals surface area (Å²) in [5.41, 5.74) is 0.841. The van der Waals surface area contributed by atoms with Gasteiger partial charge in [0.2, 0.25) is 0 Å². The van der Waals surface area contributed by atoms with Crippen LogP contribution in [0.4, 0.5) is 0 Å². The molecule has 0 atom stereocenters. The Morgan fingerprint density at radius 2 is 2.00 bits per heavy atom. The van der Waals surface area contributed by atoms with Crippen LogP contribution < -0.4 is 4.74 Å². The summed E-state index contributed by atoms with van der Waals surface area (Å²) in [6.07, 6.45) is 2.67. The van der Waals surface area contributed by atoms with Crippen LogP contribution in [0.2, 0.25) is 0 Å². The van der Waals surface area contributed by atoms with Gasteiger partial charge in [0, 0.05) is 25.7 Å². The second kappa shape index (κ2) is 7.67. The maximum atomic E-state index is 10.4. The molecule has 5 heteroatoms. The number of carboxylic acid groups (broad SMARTS) is 1. The van der Waals surface area contributed by atoms with Crippen molar-refractivity contribution < 1.29 is 19.4 Å². The van der Waals surface area contributed by atoms with Crippen LogP contribution in [0.15, 0.2) is 30.3 Å². The highest BCUT2D eigenvalue weighted by molar-refractivity contribution is 5.85. The molecule has 108 valence electrons. The van der Waals surface area contributed by atoms with Gasteiger partial charge in [-0.1, -0.05) is 12.1 Å². The van der Waals surface area contributed by atoms with Gasteiger partial charge in [0.1, 0.15) is 12.4 Å². The molecule has 0 bridgehead atoms. The summed E-state index contributed by atoms with van der Waals surface area (Å²) in [5.74, 6) is -0.151. The first-order chi connectivity index (χ1) is 9.74. The standard InChI is InChI=1S/C15H19NO4/c17-15(18)6-3-13-1-4-14(5-2-13)20-12-9-16-7-10-19-11-8-16/h1-6H,7-12H2,(H,17,18). The van der Waals surface area contributed by atoms with Gasteiger partial charge in [0.05, 0.1) is 13.2 Å². The molecule has 20 heavy (non-hydrogen) atoms. The summed E-state index contributed by atoms with van der Waals surface area (Å²) < 4.78 is 11.0. The van der Waals surface area contributed by atoms with Crippen LogP contribution in [0.5, 0.6) is 5.75 Å². The second-order valence-electron chi connectivity index (χ2n) is 4.54. The van der Waals surface area contributed by atoms with E-state index in [2.05, 4.69) is 4.90 Å². The third kappa shape index (κ3) is 5.03. The van der Waals surface area contributed by atoms with E-state index in [-0.39, 0.29) is 0 Å². The number of nitrogens with zero attached hydrogens (tertiary/aromatic N) is 1. The van der Waals surface area contributed by atoms with Crippen molar-refractivity contribution in [2.24, 2.45) is 0 Å². The van der Waals surface area contributed by atoms with Gasteiger partial charge >= 0.3 is 5.97 Å². The molecule has 0 aromatic heterocycles. The van der Waals surface area contributed by atoms with Crippen molar-refractivity contribution in [3.63, 3.8) is 0 Å². The van der Waals surface area contributed by atoms with Gasteiger partial charge in [-0.2, -0.15) is 0 Å². The topological polar surface area (TPSA) is 59.0 Å². The smallest absolute Gasteiger partial charge is 0.328 e. The number of hydrogen-bond acceptors (Lipinski definition) is 4. The average molecular weight is 277 g/mol. The van der Waals surface area contributed by atoms with Crippen molar-refractivity contribution in [2.45, 2.75) is 0 Å². The molecule has 0 amide bonds. The summed E-state index contributed by atoms with van der Waals surface area (Å²) in [5, 5.41) is 8.54. The molecule has 1 aromatic carbocycles. The molecule has 0 spiro atoms. The van der Waals surface area contributed by atoms with E-state index in [9.17, 15) is 4.79 Å². The first-order valence-electron chi connectivity index (χ1n) is 6.68. The Hall–Kier alpha value is -1.85. The Labute approximate surface area is 118 Å². The molecular formula is C15H19NO4. The molecule has 0 unspecified atom stereocenters. The van der Waals surface area contributed by atoms with E-state index >= 15 is 0 Å². The van der Waals surface area contributed by atoms with Crippen LogP contribution in [0.25, 0.3) is 6.08 Å². The zero-order valence-corrected chi connectivity index (χ0v) is 11.3. The first-order valence-corrected chi connectivity index (χ1v) is 6.68. The van der Waals surface area contributed by atoms with Gasteiger partial charge in [0.25, 0.3) is 0 Å². The van der Waals surface area contributed by atoms with Gasteiger partial charge in [-0.05, 0) is 23.8 Å². The fourth-order valence-electron chi connectivity index (χ4n) is 1.96. The van der Waals surface area contributed by atoms with Crippen LogP contribution in [0.3, 0.4) is 0 Å². The van der Waals surface area contributed by atoms with Crippen LogP contribution in [-0.4, -0.2) is 55.4 Å². The predicted molar refractivity (Wildman–Crippen MR) is 75.9 cm³/mol.